The van der Waals surface area contributed by atoms with Crippen molar-refractivity contribution in [3.63, 3.8) is 0 Å². The molecule has 10 nitrogen and oxygen atoms in total. The number of likely N-dealkylation sites (tertiary alicyclic amines) is 1. The Labute approximate surface area is 193 Å². The SMILES string of the molecule is CC(NC(=O)N1C(=O)[C@H](Cc2ccnc(N)c2)[C@H]1C(=O)O)C1CCCCC1.O=C(O)C(F)(F)F. The second-order valence-electron chi connectivity index (χ2n) is 8.33. The minimum atomic E-state index is -5.08. The molecular formula is C21H27F3N4O6. The van der Waals surface area contributed by atoms with Gasteiger partial charge < -0.3 is 21.3 Å². The van der Waals surface area contributed by atoms with Crippen molar-refractivity contribution in [1.29, 1.82) is 0 Å². The lowest BCUT2D eigenvalue weighted by atomic mass is 9.82. The number of urea groups is 1. The van der Waals surface area contributed by atoms with Crippen LogP contribution in [0.2, 0.25) is 0 Å². The van der Waals surface area contributed by atoms with Crippen molar-refractivity contribution >= 4 is 29.7 Å². The molecule has 1 saturated heterocycles. The summed E-state index contributed by atoms with van der Waals surface area (Å²) in [5.74, 6) is -4.50. The Bertz CT molecular complexity index is 920. The van der Waals surface area contributed by atoms with E-state index in [0.29, 0.717) is 11.7 Å². The molecule has 3 atom stereocenters. The molecule has 188 valence electrons. The summed E-state index contributed by atoms with van der Waals surface area (Å²) in [6.45, 7) is 1.92. The molecule has 0 bridgehead atoms. The number of hydrogen-bond acceptors (Lipinski definition) is 6. The van der Waals surface area contributed by atoms with E-state index in [-0.39, 0.29) is 12.5 Å². The Balaban J connectivity index is 0.000000509. The van der Waals surface area contributed by atoms with Gasteiger partial charge >= 0.3 is 24.1 Å². The number of aliphatic carboxylic acids is 2. The number of nitrogen functional groups attached to an aromatic ring is 1. The topological polar surface area (TPSA) is 163 Å². The minimum absolute atomic E-state index is 0.0842. The fourth-order valence-corrected chi connectivity index (χ4v) is 4.15. The zero-order valence-corrected chi connectivity index (χ0v) is 18.4. The van der Waals surface area contributed by atoms with Crippen molar-refractivity contribution in [3.05, 3.63) is 23.9 Å². The number of imide groups is 1. The van der Waals surface area contributed by atoms with Crippen LogP contribution < -0.4 is 11.1 Å². The standard InChI is InChI=1S/C19H26N4O4.C2HF3O2/c1-11(13-5-3-2-4-6-13)22-19(27)23-16(18(25)26)14(17(23)24)9-12-7-8-21-15(20)10-12;3-2(4,5)1(6)7/h7-8,10-11,13-14,16H,2-6,9H2,1H3,(H2,20,21)(H,22,27)(H,25,26);(H,6,7)/t11?,14-,16+;/m1./s1. The number of aromatic nitrogens is 1. The number of pyridine rings is 1. The first-order valence-corrected chi connectivity index (χ1v) is 10.7. The molecule has 0 aromatic carbocycles. The first-order valence-electron chi connectivity index (χ1n) is 10.7. The third-order valence-electron chi connectivity index (χ3n) is 5.94. The summed E-state index contributed by atoms with van der Waals surface area (Å²) in [5, 5.41) is 19.5. The number of halogens is 3. The van der Waals surface area contributed by atoms with E-state index < -0.39 is 42.0 Å². The molecule has 2 aliphatic rings. The van der Waals surface area contributed by atoms with Gasteiger partial charge in [-0.05, 0) is 49.8 Å². The summed E-state index contributed by atoms with van der Waals surface area (Å²) in [6, 6.07) is 1.44. The monoisotopic (exact) mass is 488 g/mol. The van der Waals surface area contributed by atoms with Crippen LogP contribution in [0.25, 0.3) is 0 Å². The first kappa shape index (κ1) is 26.9. The van der Waals surface area contributed by atoms with E-state index in [4.69, 9.17) is 15.6 Å². The largest absolute Gasteiger partial charge is 0.490 e. The van der Waals surface area contributed by atoms with Crippen molar-refractivity contribution in [2.75, 3.05) is 5.73 Å². The quantitative estimate of drug-likeness (QED) is 0.459. The summed E-state index contributed by atoms with van der Waals surface area (Å²) >= 11 is 0. The molecule has 1 aromatic rings. The van der Waals surface area contributed by atoms with Crippen molar-refractivity contribution in [2.24, 2.45) is 11.8 Å². The third kappa shape index (κ3) is 6.81. The van der Waals surface area contributed by atoms with E-state index >= 15 is 0 Å². The van der Waals surface area contributed by atoms with Gasteiger partial charge in [0.1, 0.15) is 5.82 Å². The van der Waals surface area contributed by atoms with Gasteiger partial charge in [-0.2, -0.15) is 13.2 Å². The van der Waals surface area contributed by atoms with Gasteiger partial charge in [-0.25, -0.2) is 24.3 Å². The highest BCUT2D eigenvalue weighted by atomic mass is 19.4. The summed E-state index contributed by atoms with van der Waals surface area (Å²) in [6.07, 6.45) is 2.23. The Morgan fingerprint density at radius 2 is 1.82 bits per heavy atom. The summed E-state index contributed by atoms with van der Waals surface area (Å²) in [4.78, 5) is 50.4. The number of anilines is 1. The predicted octanol–water partition coefficient (Wildman–Crippen LogP) is 2.43. The highest BCUT2D eigenvalue weighted by Gasteiger charge is 2.54. The molecule has 1 aliphatic heterocycles. The maximum Gasteiger partial charge on any atom is 0.490 e. The molecule has 1 aliphatic carbocycles. The number of alkyl halides is 3. The molecule has 2 heterocycles. The molecule has 0 radical (unpaired) electrons. The lowest BCUT2D eigenvalue weighted by molar-refractivity contribution is -0.192. The van der Waals surface area contributed by atoms with Gasteiger partial charge in [-0.15, -0.1) is 0 Å². The zero-order valence-electron chi connectivity index (χ0n) is 18.4. The number of rotatable bonds is 5. The van der Waals surface area contributed by atoms with Crippen molar-refractivity contribution in [3.8, 4) is 0 Å². The first-order chi connectivity index (χ1) is 15.8. The van der Waals surface area contributed by atoms with Crippen LogP contribution in [0.4, 0.5) is 23.8 Å². The number of carboxylic acid groups (broad SMARTS) is 2. The second-order valence-corrected chi connectivity index (χ2v) is 8.33. The third-order valence-corrected chi connectivity index (χ3v) is 5.94. The number of nitrogens with zero attached hydrogens (tertiary/aromatic N) is 2. The van der Waals surface area contributed by atoms with Crippen LogP contribution in [0, 0.1) is 11.8 Å². The highest BCUT2D eigenvalue weighted by molar-refractivity contribution is 6.07. The predicted molar refractivity (Wildman–Crippen MR) is 112 cm³/mol. The molecule has 5 N–H and O–H groups in total. The molecule has 1 saturated carbocycles. The summed E-state index contributed by atoms with van der Waals surface area (Å²) < 4.78 is 31.7. The smallest absolute Gasteiger partial charge is 0.480 e. The van der Waals surface area contributed by atoms with E-state index in [0.717, 1.165) is 36.1 Å². The lowest BCUT2D eigenvalue weighted by Crippen LogP contribution is -2.69. The van der Waals surface area contributed by atoms with Crippen LogP contribution in [0.3, 0.4) is 0 Å². The van der Waals surface area contributed by atoms with Crippen LogP contribution in [0.5, 0.6) is 0 Å². The molecule has 1 unspecified atom stereocenters. The molecule has 3 amide bonds. The number of amides is 3. The lowest BCUT2D eigenvalue weighted by Gasteiger charge is -2.43. The van der Waals surface area contributed by atoms with Gasteiger partial charge in [0.05, 0.1) is 5.92 Å². The van der Waals surface area contributed by atoms with E-state index in [1.54, 1.807) is 12.1 Å². The van der Waals surface area contributed by atoms with Crippen LogP contribution in [0.15, 0.2) is 18.3 Å². The number of β-lactam (4-membered cyclic amide) rings is 1. The van der Waals surface area contributed by atoms with Crippen molar-refractivity contribution in [1.82, 2.24) is 15.2 Å². The Morgan fingerprint density at radius 3 is 2.32 bits per heavy atom. The number of hydrogen-bond donors (Lipinski definition) is 4. The fraction of sp³-hybridized carbons (Fsp3) is 0.571. The molecule has 1 aromatic heterocycles. The number of nitrogens with one attached hydrogen (secondary N) is 1. The summed E-state index contributed by atoms with van der Waals surface area (Å²) in [5.41, 5.74) is 6.36. The fourth-order valence-electron chi connectivity index (χ4n) is 4.15. The zero-order chi connectivity index (χ0) is 25.6. The molecule has 3 rings (SSSR count). The molecule has 2 fully saturated rings. The maximum absolute atomic E-state index is 12.6. The maximum atomic E-state index is 12.6. The van der Waals surface area contributed by atoms with Crippen LogP contribution in [0.1, 0.15) is 44.6 Å². The molecular weight excluding hydrogens is 461 g/mol. The Kier molecular flexibility index (Phi) is 8.82. The van der Waals surface area contributed by atoms with Gasteiger partial charge in [0.15, 0.2) is 6.04 Å². The van der Waals surface area contributed by atoms with Gasteiger partial charge in [0.2, 0.25) is 5.91 Å². The normalized spacial score (nSPS) is 21.5. The van der Waals surface area contributed by atoms with E-state index in [9.17, 15) is 32.7 Å². The molecule has 0 spiro atoms. The van der Waals surface area contributed by atoms with E-state index in [1.807, 2.05) is 6.92 Å². The van der Waals surface area contributed by atoms with Gasteiger partial charge in [0, 0.05) is 12.2 Å². The average Bonchev–Trinajstić information content (AvgIpc) is 2.75. The van der Waals surface area contributed by atoms with Gasteiger partial charge in [-0.3, -0.25) is 4.79 Å². The Hall–Kier alpha value is -3.38. The number of carbonyl (C=O) groups is 4. The minimum Gasteiger partial charge on any atom is -0.480 e. The second kappa shape index (κ2) is 11.2. The molecule has 34 heavy (non-hydrogen) atoms. The highest BCUT2D eigenvalue weighted by Crippen LogP contribution is 2.32. The summed E-state index contributed by atoms with van der Waals surface area (Å²) in [7, 11) is 0. The van der Waals surface area contributed by atoms with Crippen molar-refractivity contribution in [2.45, 2.75) is 63.7 Å². The number of carbonyl (C=O) groups excluding carboxylic acids is 2. The van der Waals surface area contributed by atoms with E-state index in [2.05, 4.69) is 10.3 Å². The van der Waals surface area contributed by atoms with E-state index in [1.165, 1.54) is 12.6 Å². The van der Waals surface area contributed by atoms with Crippen LogP contribution in [-0.2, 0) is 20.8 Å². The van der Waals surface area contributed by atoms with Gasteiger partial charge in [-0.1, -0.05) is 19.3 Å². The molecule has 13 heteroatoms. The number of nitrogens with two attached hydrogens (primary N) is 1. The van der Waals surface area contributed by atoms with Crippen LogP contribution in [-0.4, -0.2) is 62.2 Å². The average molecular weight is 488 g/mol. The van der Waals surface area contributed by atoms with Crippen molar-refractivity contribution < 1.29 is 42.6 Å². The number of carboxylic acids is 2. The van der Waals surface area contributed by atoms with Gasteiger partial charge in [0.25, 0.3) is 0 Å². The Morgan fingerprint density at radius 1 is 1.24 bits per heavy atom. The van der Waals surface area contributed by atoms with Crippen LogP contribution >= 0.6 is 0 Å².